The molecule has 0 aliphatic rings. The molecule has 0 aliphatic carbocycles. The van der Waals surface area contributed by atoms with E-state index in [4.69, 9.17) is 9.97 Å². The molecule has 0 spiro atoms. The van der Waals surface area contributed by atoms with Crippen molar-refractivity contribution in [3.05, 3.63) is 36.4 Å². The normalized spacial score (nSPS) is 12.0. The summed E-state index contributed by atoms with van der Waals surface area (Å²) in [5.74, 6) is 1.73. The Labute approximate surface area is 146 Å². The van der Waals surface area contributed by atoms with Crippen LogP contribution in [0.3, 0.4) is 0 Å². The largest absolute Gasteiger partial charge is 0.356 e. The van der Waals surface area contributed by atoms with Gasteiger partial charge < -0.3 is 10.2 Å². The summed E-state index contributed by atoms with van der Waals surface area (Å²) in [5.41, 5.74) is 2.10. The van der Waals surface area contributed by atoms with Crippen LogP contribution in [0.4, 0.5) is 11.8 Å². The molecule has 0 radical (unpaired) electrons. The van der Waals surface area contributed by atoms with Crippen LogP contribution in [0.2, 0.25) is 0 Å². The molecule has 0 aliphatic heterocycles. The second-order valence-corrected chi connectivity index (χ2v) is 6.24. The molecular formula is C20H30N4. The fourth-order valence-electron chi connectivity index (χ4n) is 2.62. The van der Waals surface area contributed by atoms with Gasteiger partial charge >= 0.3 is 0 Å². The van der Waals surface area contributed by atoms with E-state index < -0.39 is 0 Å². The molecule has 0 amide bonds. The molecule has 1 aromatic carbocycles. The van der Waals surface area contributed by atoms with Crippen LogP contribution >= 0.6 is 0 Å². The zero-order valence-corrected chi connectivity index (χ0v) is 15.4. The third-order valence-electron chi connectivity index (χ3n) is 4.08. The summed E-state index contributed by atoms with van der Waals surface area (Å²) in [6.07, 6.45) is 3.26. The Morgan fingerprint density at radius 3 is 2.25 bits per heavy atom. The summed E-state index contributed by atoms with van der Waals surface area (Å²) in [5, 5.41) is 3.43. The first-order valence-electron chi connectivity index (χ1n) is 9.13. The minimum atomic E-state index is 0.356. The first-order chi connectivity index (χ1) is 11.7. The average Bonchev–Trinajstić information content (AvgIpc) is 2.62. The smallest absolute Gasteiger partial charge is 0.225 e. The quantitative estimate of drug-likeness (QED) is 0.705. The number of rotatable bonds is 9. The fraction of sp³-hybridized carbons (Fsp3) is 0.500. The molecule has 2 aromatic rings. The molecule has 2 rings (SSSR count). The number of hydrogen-bond acceptors (Lipinski definition) is 4. The molecule has 4 heteroatoms. The van der Waals surface area contributed by atoms with Gasteiger partial charge in [-0.05, 0) is 26.2 Å². The van der Waals surface area contributed by atoms with E-state index in [0.717, 1.165) is 55.4 Å². The van der Waals surface area contributed by atoms with Crippen molar-refractivity contribution in [3.63, 3.8) is 0 Å². The molecule has 24 heavy (non-hydrogen) atoms. The van der Waals surface area contributed by atoms with Gasteiger partial charge in [0, 0.05) is 30.8 Å². The first kappa shape index (κ1) is 18.2. The molecule has 1 unspecified atom stereocenters. The van der Waals surface area contributed by atoms with E-state index in [9.17, 15) is 0 Å². The van der Waals surface area contributed by atoms with E-state index >= 15 is 0 Å². The summed E-state index contributed by atoms with van der Waals surface area (Å²) >= 11 is 0. The van der Waals surface area contributed by atoms with Gasteiger partial charge in [0.1, 0.15) is 5.82 Å². The molecule has 0 bridgehead atoms. The van der Waals surface area contributed by atoms with Crippen molar-refractivity contribution in [1.82, 2.24) is 9.97 Å². The highest BCUT2D eigenvalue weighted by molar-refractivity contribution is 5.64. The maximum absolute atomic E-state index is 4.79. The minimum absolute atomic E-state index is 0.356. The Bertz CT molecular complexity index is 606. The van der Waals surface area contributed by atoms with Gasteiger partial charge in [0.2, 0.25) is 5.95 Å². The lowest BCUT2D eigenvalue weighted by atomic mass is 10.1. The Balaban J connectivity index is 2.42. The molecule has 0 saturated heterocycles. The molecule has 0 saturated carbocycles. The van der Waals surface area contributed by atoms with E-state index in [-0.39, 0.29) is 0 Å². The summed E-state index contributed by atoms with van der Waals surface area (Å²) < 4.78 is 0. The number of anilines is 2. The van der Waals surface area contributed by atoms with Gasteiger partial charge in [-0.2, -0.15) is 4.98 Å². The zero-order chi connectivity index (χ0) is 17.4. The number of nitrogens with zero attached hydrogens (tertiary/aromatic N) is 3. The van der Waals surface area contributed by atoms with Crippen molar-refractivity contribution in [2.75, 3.05) is 23.3 Å². The lowest BCUT2D eigenvalue weighted by Crippen LogP contribution is -2.27. The monoisotopic (exact) mass is 326 g/mol. The molecule has 1 N–H and O–H groups in total. The Morgan fingerprint density at radius 2 is 1.67 bits per heavy atom. The van der Waals surface area contributed by atoms with Gasteiger partial charge in [-0.3, -0.25) is 0 Å². The SMILES string of the molecule is CCCN(CCC)c1cc(-c2ccccc2)nc(NC(C)CC)n1. The van der Waals surface area contributed by atoms with Gasteiger partial charge in [0.25, 0.3) is 0 Å². The number of hydrogen-bond donors (Lipinski definition) is 1. The average molecular weight is 326 g/mol. The van der Waals surface area contributed by atoms with Crippen molar-refractivity contribution in [2.24, 2.45) is 0 Å². The maximum atomic E-state index is 4.79. The van der Waals surface area contributed by atoms with Gasteiger partial charge in [-0.25, -0.2) is 4.98 Å². The molecular weight excluding hydrogens is 296 g/mol. The highest BCUT2D eigenvalue weighted by atomic mass is 15.2. The van der Waals surface area contributed by atoms with Crippen LogP contribution in [0.1, 0.15) is 47.0 Å². The molecule has 130 valence electrons. The number of benzene rings is 1. The molecule has 1 aromatic heterocycles. The van der Waals surface area contributed by atoms with Crippen LogP contribution in [-0.4, -0.2) is 29.1 Å². The first-order valence-corrected chi connectivity index (χ1v) is 9.13. The Kier molecular flexibility index (Phi) is 7.04. The van der Waals surface area contributed by atoms with E-state index in [1.807, 2.05) is 6.07 Å². The van der Waals surface area contributed by atoms with Gasteiger partial charge in [0.15, 0.2) is 0 Å². The van der Waals surface area contributed by atoms with Crippen molar-refractivity contribution >= 4 is 11.8 Å². The van der Waals surface area contributed by atoms with Crippen molar-refractivity contribution < 1.29 is 0 Å². The topological polar surface area (TPSA) is 41.1 Å². The molecule has 1 heterocycles. The van der Waals surface area contributed by atoms with E-state index in [2.05, 4.69) is 68.2 Å². The second kappa shape index (κ2) is 9.26. The van der Waals surface area contributed by atoms with E-state index in [1.54, 1.807) is 0 Å². The van der Waals surface area contributed by atoms with Crippen LogP contribution in [0.15, 0.2) is 36.4 Å². The predicted molar refractivity (Wildman–Crippen MR) is 104 cm³/mol. The lowest BCUT2D eigenvalue weighted by molar-refractivity contribution is 0.726. The van der Waals surface area contributed by atoms with E-state index in [0.29, 0.717) is 6.04 Å². The summed E-state index contributed by atoms with van der Waals surface area (Å²) in [4.78, 5) is 11.9. The van der Waals surface area contributed by atoms with Crippen molar-refractivity contribution in [1.29, 1.82) is 0 Å². The number of aromatic nitrogens is 2. The molecule has 0 fully saturated rings. The van der Waals surface area contributed by atoms with Crippen molar-refractivity contribution in [3.8, 4) is 11.3 Å². The van der Waals surface area contributed by atoms with Crippen molar-refractivity contribution in [2.45, 2.75) is 53.0 Å². The van der Waals surface area contributed by atoms with Crippen LogP contribution in [0.25, 0.3) is 11.3 Å². The van der Waals surface area contributed by atoms with Gasteiger partial charge in [-0.1, -0.05) is 51.1 Å². The van der Waals surface area contributed by atoms with Crippen LogP contribution in [-0.2, 0) is 0 Å². The van der Waals surface area contributed by atoms with Crippen LogP contribution in [0, 0.1) is 0 Å². The third kappa shape index (κ3) is 4.95. The standard InChI is InChI=1S/C20H30N4/c1-5-13-24(14-6-2)19-15-18(17-11-9-8-10-12-17)22-20(23-19)21-16(4)7-3/h8-12,15-16H,5-7,13-14H2,1-4H3,(H,21,22,23). The highest BCUT2D eigenvalue weighted by Gasteiger charge is 2.13. The second-order valence-electron chi connectivity index (χ2n) is 6.24. The molecule has 4 nitrogen and oxygen atoms in total. The van der Waals surface area contributed by atoms with Gasteiger partial charge in [-0.15, -0.1) is 0 Å². The predicted octanol–water partition coefficient (Wildman–Crippen LogP) is 4.98. The highest BCUT2D eigenvalue weighted by Crippen LogP contribution is 2.24. The zero-order valence-electron chi connectivity index (χ0n) is 15.4. The molecule has 1 atom stereocenters. The van der Waals surface area contributed by atoms with Gasteiger partial charge in [0.05, 0.1) is 5.69 Å². The third-order valence-corrected chi connectivity index (χ3v) is 4.08. The van der Waals surface area contributed by atoms with E-state index in [1.165, 1.54) is 0 Å². The summed E-state index contributed by atoms with van der Waals surface area (Å²) in [6.45, 7) is 10.8. The Morgan fingerprint density at radius 1 is 1.00 bits per heavy atom. The fourth-order valence-corrected chi connectivity index (χ4v) is 2.62. The lowest BCUT2D eigenvalue weighted by Gasteiger charge is -2.24. The summed E-state index contributed by atoms with van der Waals surface area (Å²) in [6, 6.07) is 12.8. The minimum Gasteiger partial charge on any atom is -0.356 e. The number of nitrogens with one attached hydrogen (secondary N) is 1. The van der Waals surface area contributed by atoms with Crippen LogP contribution in [0.5, 0.6) is 0 Å². The maximum Gasteiger partial charge on any atom is 0.225 e. The summed E-state index contributed by atoms with van der Waals surface area (Å²) in [7, 11) is 0. The van der Waals surface area contributed by atoms with Crippen LogP contribution < -0.4 is 10.2 Å². The Hall–Kier alpha value is -2.10.